The average molecular weight is 358 g/mol. The van der Waals surface area contributed by atoms with Crippen LogP contribution in [0, 0.1) is 0 Å². The van der Waals surface area contributed by atoms with E-state index in [0.29, 0.717) is 23.0 Å². The Balaban J connectivity index is 1.88. The van der Waals surface area contributed by atoms with E-state index in [1.54, 1.807) is 31.6 Å². The van der Waals surface area contributed by atoms with E-state index in [-0.39, 0.29) is 0 Å². The Hall–Kier alpha value is -3.87. The zero-order valence-electron chi connectivity index (χ0n) is 14.7. The summed E-state index contributed by atoms with van der Waals surface area (Å²) in [5, 5.41) is 4.14. The van der Waals surface area contributed by atoms with E-state index in [1.807, 2.05) is 36.4 Å². The second-order valence-electron chi connectivity index (χ2n) is 5.99. The highest BCUT2D eigenvalue weighted by atomic mass is 16.5. The van der Waals surface area contributed by atoms with Gasteiger partial charge < -0.3 is 21.5 Å². The number of nitrogens with two attached hydrogens (primary N) is 2. The smallest absolute Gasteiger partial charge is 0.163 e. The van der Waals surface area contributed by atoms with Gasteiger partial charge in [0.1, 0.15) is 11.6 Å². The van der Waals surface area contributed by atoms with Crippen molar-refractivity contribution in [1.82, 2.24) is 15.0 Å². The Morgan fingerprint density at radius 1 is 0.963 bits per heavy atom. The highest BCUT2D eigenvalue weighted by molar-refractivity contribution is 5.93. The SMILES string of the molecule is COc1ccc2nc(-c3cccnc3)nc(Nc3ccc(N)c(N)c3)c2c1. The quantitative estimate of drug-likeness (QED) is 0.478. The van der Waals surface area contributed by atoms with Crippen molar-refractivity contribution in [3.05, 3.63) is 60.9 Å². The number of nitrogen functional groups attached to an aromatic ring is 2. The van der Waals surface area contributed by atoms with Crippen molar-refractivity contribution < 1.29 is 4.74 Å². The standard InChI is InChI=1S/C20H18N6O/c1-27-14-5-7-18-15(10-14)20(24-13-4-6-16(21)17(22)9-13)26-19(25-18)12-3-2-8-23-11-12/h2-11H,21-22H2,1H3,(H,24,25,26). The molecule has 0 aliphatic heterocycles. The van der Waals surface area contributed by atoms with Crippen LogP contribution in [0.15, 0.2) is 60.9 Å². The van der Waals surface area contributed by atoms with Crippen LogP contribution in [0.5, 0.6) is 5.75 Å². The van der Waals surface area contributed by atoms with Gasteiger partial charge in [0.05, 0.1) is 24.0 Å². The zero-order chi connectivity index (χ0) is 18.8. The zero-order valence-corrected chi connectivity index (χ0v) is 14.7. The van der Waals surface area contributed by atoms with Crippen LogP contribution in [0.25, 0.3) is 22.3 Å². The van der Waals surface area contributed by atoms with Gasteiger partial charge in [-0.05, 0) is 48.5 Å². The number of pyridine rings is 1. The Labute approximate surface area is 156 Å². The molecular weight excluding hydrogens is 340 g/mol. The number of aromatic nitrogens is 3. The number of fused-ring (bicyclic) bond motifs is 1. The fourth-order valence-electron chi connectivity index (χ4n) is 2.74. The minimum atomic E-state index is 0.503. The van der Waals surface area contributed by atoms with Gasteiger partial charge in [-0.1, -0.05) is 0 Å². The molecule has 134 valence electrons. The van der Waals surface area contributed by atoms with Crippen molar-refractivity contribution in [1.29, 1.82) is 0 Å². The maximum atomic E-state index is 5.93. The molecule has 5 N–H and O–H groups in total. The third-order valence-electron chi connectivity index (χ3n) is 4.17. The number of anilines is 4. The van der Waals surface area contributed by atoms with Crippen LogP contribution in [0.1, 0.15) is 0 Å². The minimum absolute atomic E-state index is 0.503. The van der Waals surface area contributed by atoms with Crippen LogP contribution in [-0.4, -0.2) is 22.1 Å². The van der Waals surface area contributed by atoms with Crippen LogP contribution in [-0.2, 0) is 0 Å². The number of hydrogen-bond acceptors (Lipinski definition) is 7. The maximum absolute atomic E-state index is 5.93. The lowest BCUT2D eigenvalue weighted by Gasteiger charge is -2.13. The number of nitrogens with zero attached hydrogens (tertiary/aromatic N) is 3. The second-order valence-corrected chi connectivity index (χ2v) is 5.99. The molecule has 27 heavy (non-hydrogen) atoms. The van der Waals surface area contributed by atoms with Crippen molar-refractivity contribution in [3.8, 4) is 17.1 Å². The first-order chi connectivity index (χ1) is 13.1. The molecule has 0 spiro atoms. The Morgan fingerprint density at radius 3 is 2.59 bits per heavy atom. The fourth-order valence-corrected chi connectivity index (χ4v) is 2.74. The van der Waals surface area contributed by atoms with E-state index in [2.05, 4.69) is 15.3 Å². The normalized spacial score (nSPS) is 10.7. The van der Waals surface area contributed by atoms with Crippen LogP contribution in [0.3, 0.4) is 0 Å². The third kappa shape index (κ3) is 3.30. The summed E-state index contributed by atoms with van der Waals surface area (Å²) in [5.74, 6) is 1.94. The summed E-state index contributed by atoms with van der Waals surface area (Å²) in [6.07, 6.45) is 3.45. The molecule has 0 aliphatic carbocycles. The van der Waals surface area contributed by atoms with E-state index in [0.717, 1.165) is 27.9 Å². The molecule has 0 radical (unpaired) electrons. The monoisotopic (exact) mass is 358 g/mol. The average Bonchev–Trinajstić information content (AvgIpc) is 2.71. The van der Waals surface area contributed by atoms with Crippen LogP contribution in [0.2, 0.25) is 0 Å². The number of nitrogens with one attached hydrogen (secondary N) is 1. The van der Waals surface area contributed by atoms with Gasteiger partial charge >= 0.3 is 0 Å². The van der Waals surface area contributed by atoms with Crippen molar-refractivity contribution in [2.24, 2.45) is 0 Å². The largest absolute Gasteiger partial charge is 0.497 e. The lowest BCUT2D eigenvalue weighted by molar-refractivity contribution is 0.415. The van der Waals surface area contributed by atoms with E-state index in [4.69, 9.17) is 21.2 Å². The van der Waals surface area contributed by atoms with Crippen molar-refractivity contribution in [3.63, 3.8) is 0 Å². The first-order valence-corrected chi connectivity index (χ1v) is 8.32. The predicted octanol–water partition coefficient (Wildman–Crippen LogP) is 3.61. The summed E-state index contributed by atoms with van der Waals surface area (Å²) in [6.45, 7) is 0. The molecule has 2 heterocycles. The third-order valence-corrected chi connectivity index (χ3v) is 4.17. The molecule has 7 heteroatoms. The molecule has 0 saturated heterocycles. The van der Waals surface area contributed by atoms with E-state index in [9.17, 15) is 0 Å². The summed E-state index contributed by atoms with van der Waals surface area (Å²) in [6, 6.07) is 14.8. The van der Waals surface area contributed by atoms with E-state index < -0.39 is 0 Å². The van der Waals surface area contributed by atoms with Gasteiger partial charge in [-0.15, -0.1) is 0 Å². The molecule has 0 fully saturated rings. The predicted molar refractivity (Wildman–Crippen MR) is 108 cm³/mol. The molecule has 4 aromatic rings. The number of benzene rings is 2. The highest BCUT2D eigenvalue weighted by Gasteiger charge is 2.11. The number of methoxy groups -OCH3 is 1. The van der Waals surface area contributed by atoms with Gasteiger partial charge in [0, 0.05) is 29.0 Å². The van der Waals surface area contributed by atoms with E-state index in [1.165, 1.54) is 0 Å². The van der Waals surface area contributed by atoms with Crippen molar-refractivity contribution >= 4 is 33.8 Å². The summed E-state index contributed by atoms with van der Waals surface area (Å²) in [7, 11) is 1.62. The fraction of sp³-hybridized carbons (Fsp3) is 0.0500. The molecule has 0 amide bonds. The molecule has 0 atom stereocenters. The lowest BCUT2D eigenvalue weighted by Crippen LogP contribution is -2.01. The molecule has 4 rings (SSSR count). The lowest BCUT2D eigenvalue weighted by atomic mass is 10.2. The molecule has 0 bridgehead atoms. The first-order valence-electron chi connectivity index (χ1n) is 8.32. The molecule has 0 aliphatic rings. The maximum Gasteiger partial charge on any atom is 0.163 e. The van der Waals surface area contributed by atoms with Crippen LogP contribution >= 0.6 is 0 Å². The topological polar surface area (TPSA) is 112 Å². The van der Waals surface area contributed by atoms with Crippen molar-refractivity contribution in [2.75, 3.05) is 23.9 Å². The minimum Gasteiger partial charge on any atom is -0.497 e. The van der Waals surface area contributed by atoms with Crippen LogP contribution < -0.4 is 21.5 Å². The first kappa shape index (κ1) is 16.6. The van der Waals surface area contributed by atoms with Crippen LogP contribution in [0.4, 0.5) is 22.9 Å². The Kier molecular flexibility index (Phi) is 4.18. The summed E-state index contributed by atoms with van der Waals surface area (Å²) in [5.41, 5.74) is 15.2. The number of rotatable bonds is 4. The van der Waals surface area contributed by atoms with Gasteiger partial charge in [-0.25, -0.2) is 9.97 Å². The summed E-state index contributed by atoms with van der Waals surface area (Å²) in [4.78, 5) is 13.5. The summed E-state index contributed by atoms with van der Waals surface area (Å²) < 4.78 is 5.35. The Bertz CT molecular complexity index is 1110. The van der Waals surface area contributed by atoms with Gasteiger partial charge in [-0.3, -0.25) is 4.98 Å². The van der Waals surface area contributed by atoms with Crippen molar-refractivity contribution in [2.45, 2.75) is 0 Å². The summed E-state index contributed by atoms with van der Waals surface area (Å²) >= 11 is 0. The van der Waals surface area contributed by atoms with Gasteiger partial charge in [0.15, 0.2) is 5.82 Å². The molecule has 2 aromatic carbocycles. The molecule has 0 saturated carbocycles. The molecule has 7 nitrogen and oxygen atoms in total. The van der Waals surface area contributed by atoms with Gasteiger partial charge in [-0.2, -0.15) is 0 Å². The van der Waals surface area contributed by atoms with E-state index >= 15 is 0 Å². The Morgan fingerprint density at radius 2 is 1.85 bits per heavy atom. The number of ether oxygens (including phenoxy) is 1. The number of hydrogen-bond donors (Lipinski definition) is 3. The molecule has 2 aromatic heterocycles. The molecule has 0 unspecified atom stereocenters. The molecular formula is C20H18N6O. The second kappa shape index (κ2) is 6.80. The van der Waals surface area contributed by atoms with Gasteiger partial charge in [0.2, 0.25) is 0 Å². The highest BCUT2D eigenvalue weighted by Crippen LogP contribution is 2.31. The van der Waals surface area contributed by atoms with Gasteiger partial charge in [0.25, 0.3) is 0 Å².